The highest BCUT2D eigenvalue weighted by atomic mass is 16.5. The maximum atomic E-state index is 12.3. The molecule has 1 aliphatic carbocycles. The van der Waals surface area contributed by atoms with Crippen molar-refractivity contribution in [3.63, 3.8) is 0 Å². The lowest BCUT2D eigenvalue weighted by Crippen LogP contribution is -2.26. The Morgan fingerprint density at radius 3 is 2.91 bits per heavy atom. The van der Waals surface area contributed by atoms with Crippen LogP contribution >= 0.6 is 0 Å². The summed E-state index contributed by atoms with van der Waals surface area (Å²) >= 11 is 0. The van der Waals surface area contributed by atoms with Crippen LogP contribution < -0.4 is 10.1 Å². The number of carbonyl (C=O) groups is 1. The number of aromatic nitrogens is 2. The Bertz CT molecular complexity index is 668. The molecule has 1 N–H and O–H groups in total. The van der Waals surface area contributed by atoms with E-state index in [0.717, 1.165) is 6.54 Å². The number of aryl methyl sites for hydroxylation is 1. The lowest BCUT2D eigenvalue weighted by molar-refractivity contribution is 0.0946. The predicted molar refractivity (Wildman–Crippen MR) is 79.4 cm³/mol. The molecule has 6 nitrogen and oxygen atoms in total. The summed E-state index contributed by atoms with van der Waals surface area (Å²) in [6.07, 6.45) is 1.19. The van der Waals surface area contributed by atoms with Gasteiger partial charge in [-0.3, -0.25) is 4.79 Å². The van der Waals surface area contributed by atoms with Gasteiger partial charge in [-0.05, 0) is 30.4 Å². The largest absolute Gasteiger partial charge is 0.485 e. The number of ether oxygens (including phenoxy) is 1. The predicted octanol–water partition coefficient (Wildman–Crippen LogP) is 2.34. The fraction of sp³-hybridized carbons (Fsp3) is 0.438. The Labute approximate surface area is 128 Å². The van der Waals surface area contributed by atoms with Crippen LogP contribution in [-0.4, -0.2) is 22.6 Å². The van der Waals surface area contributed by atoms with Gasteiger partial charge in [-0.1, -0.05) is 24.2 Å². The first-order valence-electron chi connectivity index (χ1n) is 7.42. The van der Waals surface area contributed by atoms with E-state index in [-0.39, 0.29) is 12.5 Å². The fourth-order valence-corrected chi connectivity index (χ4v) is 2.32. The van der Waals surface area contributed by atoms with E-state index in [1.165, 1.54) is 6.42 Å². The van der Waals surface area contributed by atoms with E-state index in [9.17, 15) is 4.79 Å². The summed E-state index contributed by atoms with van der Waals surface area (Å²) < 4.78 is 10.5. The van der Waals surface area contributed by atoms with Gasteiger partial charge in [-0.25, -0.2) is 0 Å². The summed E-state index contributed by atoms with van der Waals surface area (Å²) in [5, 5.41) is 6.74. The van der Waals surface area contributed by atoms with Crippen molar-refractivity contribution < 1.29 is 14.1 Å². The SMILES string of the molecule is Cc1nc(COc2ccccc2C(=O)NC[C@H]2C[C@@H]2C)no1. The first kappa shape index (κ1) is 14.6. The average molecular weight is 301 g/mol. The third-order valence-corrected chi connectivity index (χ3v) is 3.86. The first-order chi connectivity index (χ1) is 10.6. The molecule has 0 saturated heterocycles. The molecule has 1 amide bonds. The molecule has 2 atom stereocenters. The molecule has 1 saturated carbocycles. The molecule has 0 spiro atoms. The minimum Gasteiger partial charge on any atom is -0.485 e. The monoisotopic (exact) mass is 301 g/mol. The van der Waals surface area contributed by atoms with E-state index in [4.69, 9.17) is 9.26 Å². The standard InChI is InChI=1S/C16H19N3O3/c1-10-7-12(10)8-17-16(20)13-5-3-4-6-14(13)21-9-15-18-11(2)22-19-15/h3-6,10,12H,7-9H2,1-2H3,(H,17,20)/t10-,12+/m0/s1. The van der Waals surface area contributed by atoms with Crippen molar-refractivity contribution >= 4 is 5.91 Å². The Morgan fingerprint density at radius 2 is 2.23 bits per heavy atom. The fourth-order valence-electron chi connectivity index (χ4n) is 2.32. The van der Waals surface area contributed by atoms with Crippen molar-refractivity contribution in [2.75, 3.05) is 6.54 Å². The van der Waals surface area contributed by atoms with Crippen LogP contribution in [0.3, 0.4) is 0 Å². The maximum absolute atomic E-state index is 12.3. The second-order valence-electron chi connectivity index (χ2n) is 5.70. The number of benzene rings is 1. The van der Waals surface area contributed by atoms with Crippen molar-refractivity contribution in [1.82, 2.24) is 15.5 Å². The molecule has 0 unspecified atom stereocenters. The number of rotatable bonds is 6. The third kappa shape index (κ3) is 3.44. The molecule has 1 fully saturated rings. The molecule has 0 radical (unpaired) electrons. The van der Waals surface area contributed by atoms with Crippen molar-refractivity contribution in [2.45, 2.75) is 26.9 Å². The second kappa shape index (κ2) is 6.17. The van der Waals surface area contributed by atoms with Gasteiger partial charge in [-0.15, -0.1) is 0 Å². The molecule has 0 aliphatic heterocycles. The number of nitrogens with one attached hydrogen (secondary N) is 1. The Kier molecular flexibility index (Phi) is 4.09. The van der Waals surface area contributed by atoms with Gasteiger partial charge in [0, 0.05) is 13.5 Å². The molecule has 116 valence electrons. The van der Waals surface area contributed by atoms with Gasteiger partial charge in [0.1, 0.15) is 5.75 Å². The molecule has 1 aliphatic rings. The summed E-state index contributed by atoms with van der Waals surface area (Å²) in [4.78, 5) is 16.4. The van der Waals surface area contributed by atoms with Gasteiger partial charge in [0.05, 0.1) is 5.56 Å². The van der Waals surface area contributed by atoms with Crippen LogP contribution in [0.1, 0.15) is 35.4 Å². The lowest BCUT2D eigenvalue weighted by atomic mass is 10.2. The quantitative estimate of drug-likeness (QED) is 0.886. The van der Waals surface area contributed by atoms with Gasteiger partial charge >= 0.3 is 0 Å². The first-order valence-corrected chi connectivity index (χ1v) is 7.42. The van der Waals surface area contributed by atoms with E-state index in [1.807, 2.05) is 12.1 Å². The van der Waals surface area contributed by atoms with E-state index < -0.39 is 0 Å². The molecular weight excluding hydrogens is 282 g/mol. The van der Waals surface area contributed by atoms with Crippen molar-refractivity contribution in [3.05, 3.63) is 41.5 Å². The Morgan fingerprint density at radius 1 is 1.45 bits per heavy atom. The zero-order valence-corrected chi connectivity index (χ0v) is 12.7. The lowest BCUT2D eigenvalue weighted by Gasteiger charge is -2.10. The third-order valence-electron chi connectivity index (χ3n) is 3.86. The second-order valence-corrected chi connectivity index (χ2v) is 5.70. The summed E-state index contributed by atoms with van der Waals surface area (Å²) in [6, 6.07) is 7.17. The number of para-hydroxylation sites is 1. The normalized spacial score (nSPS) is 19.7. The highest BCUT2D eigenvalue weighted by Crippen LogP contribution is 2.36. The molecule has 0 bridgehead atoms. The molecule has 1 heterocycles. The Balaban J connectivity index is 1.62. The number of amides is 1. The molecule has 2 aromatic rings. The zero-order valence-electron chi connectivity index (χ0n) is 12.7. The minimum atomic E-state index is -0.112. The zero-order chi connectivity index (χ0) is 15.5. The maximum Gasteiger partial charge on any atom is 0.255 e. The van der Waals surface area contributed by atoms with Crippen LogP contribution in [0.5, 0.6) is 5.75 Å². The summed E-state index contributed by atoms with van der Waals surface area (Å²) in [5.74, 6) is 2.68. The average Bonchev–Trinajstić information content (AvgIpc) is 3.07. The van der Waals surface area contributed by atoms with Crippen LogP contribution in [0.4, 0.5) is 0 Å². The summed E-state index contributed by atoms with van der Waals surface area (Å²) in [6.45, 7) is 4.80. The van der Waals surface area contributed by atoms with E-state index in [0.29, 0.717) is 34.9 Å². The topological polar surface area (TPSA) is 77.2 Å². The summed E-state index contributed by atoms with van der Waals surface area (Å²) in [5.41, 5.74) is 0.524. The number of nitrogens with zero attached hydrogens (tertiary/aromatic N) is 2. The molecule has 3 rings (SSSR count). The molecule has 1 aromatic heterocycles. The molecule has 6 heteroatoms. The van der Waals surface area contributed by atoms with E-state index >= 15 is 0 Å². The minimum absolute atomic E-state index is 0.112. The van der Waals surface area contributed by atoms with Crippen LogP contribution in [0.2, 0.25) is 0 Å². The smallest absolute Gasteiger partial charge is 0.255 e. The highest BCUT2D eigenvalue weighted by molar-refractivity contribution is 5.96. The van der Waals surface area contributed by atoms with Gasteiger partial charge in [0.15, 0.2) is 6.61 Å². The number of hydrogen-bond acceptors (Lipinski definition) is 5. The van der Waals surface area contributed by atoms with Gasteiger partial charge in [0.25, 0.3) is 5.91 Å². The number of carbonyl (C=O) groups excluding carboxylic acids is 1. The van der Waals surface area contributed by atoms with Crippen LogP contribution in [0.25, 0.3) is 0 Å². The van der Waals surface area contributed by atoms with Gasteiger partial charge < -0.3 is 14.6 Å². The number of hydrogen-bond donors (Lipinski definition) is 1. The molecule has 1 aromatic carbocycles. The van der Waals surface area contributed by atoms with Crippen molar-refractivity contribution in [3.8, 4) is 5.75 Å². The van der Waals surface area contributed by atoms with Crippen LogP contribution in [-0.2, 0) is 6.61 Å². The summed E-state index contributed by atoms with van der Waals surface area (Å²) in [7, 11) is 0. The van der Waals surface area contributed by atoms with Crippen LogP contribution in [0.15, 0.2) is 28.8 Å². The van der Waals surface area contributed by atoms with Crippen molar-refractivity contribution in [2.24, 2.45) is 11.8 Å². The van der Waals surface area contributed by atoms with Crippen molar-refractivity contribution in [1.29, 1.82) is 0 Å². The van der Waals surface area contributed by atoms with E-state index in [2.05, 4.69) is 22.4 Å². The molecule has 22 heavy (non-hydrogen) atoms. The van der Waals surface area contributed by atoms with Gasteiger partial charge in [-0.2, -0.15) is 4.98 Å². The van der Waals surface area contributed by atoms with E-state index in [1.54, 1.807) is 19.1 Å². The molecular formula is C16H19N3O3. The Hall–Kier alpha value is -2.37. The highest BCUT2D eigenvalue weighted by Gasteiger charge is 2.32. The van der Waals surface area contributed by atoms with Gasteiger partial charge in [0.2, 0.25) is 11.7 Å². The van der Waals surface area contributed by atoms with Crippen LogP contribution in [0, 0.1) is 18.8 Å².